The minimum Gasteiger partial charge on any atom is -0.403 e. The fourth-order valence-corrected chi connectivity index (χ4v) is 3.00. The Balaban J connectivity index is 2.25. The van der Waals surface area contributed by atoms with E-state index in [0.29, 0.717) is 10.9 Å². The molecule has 0 aliphatic rings. The van der Waals surface area contributed by atoms with Crippen LogP contribution in [0.3, 0.4) is 0 Å². The number of carbonyl (C=O) groups excluding carboxylic acids is 1. The predicted molar refractivity (Wildman–Crippen MR) is 74.6 cm³/mol. The third-order valence-electron chi connectivity index (χ3n) is 2.63. The average Bonchev–Trinajstić information content (AvgIpc) is 2.49. The number of nitrogens with two attached hydrogens (primary N) is 1. The summed E-state index contributed by atoms with van der Waals surface area (Å²) in [5.41, 5.74) is 5.88. The molecule has 2 rings (SSSR count). The molecule has 0 heterocycles. The summed E-state index contributed by atoms with van der Waals surface area (Å²) in [6, 6.07) is 17.0. The number of carbonyl (C=O) groups is 1. The van der Waals surface area contributed by atoms with E-state index >= 15 is 0 Å². The first-order valence-electron chi connectivity index (χ1n) is 5.79. The highest BCUT2D eigenvalue weighted by molar-refractivity contribution is 7.67. The van der Waals surface area contributed by atoms with E-state index in [1.807, 2.05) is 0 Å². The zero-order chi connectivity index (χ0) is 13.7. The molecular weight excluding hydrogens is 261 g/mol. The largest absolute Gasteiger partial charge is 0.403 e. The molecule has 2 aromatic rings. The maximum absolute atomic E-state index is 12.6. The third kappa shape index (κ3) is 3.11. The summed E-state index contributed by atoms with van der Waals surface area (Å²) < 4.78 is 17.8. The molecule has 0 spiro atoms. The Morgan fingerprint density at radius 3 is 2.05 bits per heavy atom. The minimum atomic E-state index is -3.35. The van der Waals surface area contributed by atoms with Gasteiger partial charge in [-0.1, -0.05) is 36.4 Å². The number of rotatable bonds is 4. The second-order valence-corrected chi connectivity index (χ2v) is 6.35. The van der Waals surface area contributed by atoms with Gasteiger partial charge in [-0.25, -0.2) is 4.79 Å². The van der Waals surface area contributed by atoms with Crippen molar-refractivity contribution in [1.29, 1.82) is 0 Å². The van der Waals surface area contributed by atoms with E-state index in [0.717, 1.165) is 0 Å². The lowest BCUT2D eigenvalue weighted by atomic mass is 10.2. The standard InChI is InChI=1S/C14H14NO3P/c15-11-19(17,13-9-5-2-6-10-13)18-14(16)12-7-3-1-4-8-12/h1-10H,11,15H2. The first kappa shape index (κ1) is 13.5. The van der Waals surface area contributed by atoms with Gasteiger partial charge in [-0.3, -0.25) is 4.57 Å². The molecule has 0 saturated carbocycles. The van der Waals surface area contributed by atoms with Gasteiger partial charge in [0, 0.05) is 5.30 Å². The maximum Gasteiger partial charge on any atom is 0.343 e. The van der Waals surface area contributed by atoms with Crippen LogP contribution in [0.5, 0.6) is 0 Å². The van der Waals surface area contributed by atoms with Crippen LogP contribution in [-0.4, -0.2) is 12.3 Å². The lowest BCUT2D eigenvalue weighted by Gasteiger charge is -2.16. The van der Waals surface area contributed by atoms with Gasteiger partial charge in [0.15, 0.2) is 0 Å². The molecule has 0 aliphatic heterocycles. The van der Waals surface area contributed by atoms with Gasteiger partial charge in [0.25, 0.3) is 7.37 Å². The van der Waals surface area contributed by atoms with Crippen molar-refractivity contribution < 1.29 is 13.9 Å². The Morgan fingerprint density at radius 1 is 1.00 bits per heavy atom. The highest BCUT2D eigenvalue weighted by Crippen LogP contribution is 2.44. The van der Waals surface area contributed by atoms with Crippen LogP contribution >= 0.6 is 7.37 Å². The van der Waals surface area contributed by atoms with Crippen LogP contribution in [0.2, 0.25) is 0 Å². The molecule has 0 aromatic heterocycles. The second kappa shape index (κ2) is 5.83. The monoisotopic (exact) mass is 275 g/mol. The molecule has 0 amide bonds. The molecule has 0 aliphatic carbocycles. The summed E-state index contributed by atoms with van der Waals surface area (Å²) >= 11 is 0. The summed E-state index contributed by atoms with van der Waals surface area (Å²) in [6.45, 7) is 0. The van der Waals surface area contributed by atoms with E-state index in [-0.39, 0.29) is 6.29 Å². The normalized spacial score (nSPS) is 13.5. The molecule has 98 valence electrons. The molecule has 2 aromatic carbocycles. The molecule has 0 saturated heterocycles. The summed E-state index contributed by atoms with van der Waals surface area (Å²) in [7, 11) is -3.35. The highest BCUT2D eigenvalue weighted by Gasteiger charge is 2.28. The first-order chi connectivity index (χ1) is 9.15. The van der Waals surface area contributed by atoms with Crippen molar-refractivity contribution >= 4 is 18.6 Å². The van der Waals surface area contributed by atoms with Gasteiger partial charge in [0.2, 0.25) is 0 Å². The molecule has 0 fully saturated rings. The summed E-state index contributed by atoms with van der Waals surface area (Å²) in [5.74, 6) is -0.627. The molecule has 19 heavy (non-hydrogen) atoms. The molecule has 1 atom stereocenters. The summed E-state index contributed by atoms with van der Waals surface area (Å²) in [5, 5.41) is 0.446. The SMILES string of the molecule is NCP(=O)(OC(=O)c1ccccc1)c1ccccc1. The molecule has 2 N–H and O–H groups in total. The van der Waals surface area contributed by atoms with Gasteiger partial charge in [-0.2, -0.15) is 0 Å². The van der Waals surface area contributed by atoms with Crippen LogP contribution < -0.4 is 11.0 Å². The van der Waals surface area contributed by atoms with E-state index in [2.05, 4.69) is 0 Å². The average molecular weight is 275 g/mol. The van der Waals surface area contributed by atoms with Crippen LogP contribution in [0, 0.1) is 0 Å². The quantitative estimate of drug-likeness (QED) is 0.870. The highest BCUT2D eigenvalue weighted by atomic mass is 31.2. The molecule has 4 nitrogen and oxygen atoms in total. The van der Waals surface area contributed by atoms with Gasteiger partial charge in [0.05, 0.1) is 11.8 Å². The van der Waals surface area contributed by atoms with E-state index < -0.39 is 13.3 Å². The fraction of sp³-hybridized carbons (Fsp3) is 0.0714. The zero-order valence-electron chi connectivity index (χ0n) is 10.2. The van der Waals surface area contributed by atoms with E-state index in [1.165, 1.54) is 0 Å². The maximum atomic E-state index is 12.6. The predicted octanol–water partition coefficient (Wildman–Crippen LogP) is 2.36. The van der Waals surface area contributed by atoms with Crippen molar-refractivity contribution in [2.45, 2.75) is 0 Å². The van der Waals surface area contributed by atoms with Crippen molar-refractivity contribution in [3.63, 3.8) is 0 Å². The molecule has 1 unspecified atom stereocenters. The topological polar surface area (TPSA) is 69.4 Å². The van der Waals surface area contributed by atoms with Gasteiger partial charge in [-0.15, -0.1) is 0 Å². The van der Waals surface area contributed by atoms with Crippen LogP contribution in [0.15, 0.2) is 60.7 Å². The Labute approximate surface area is 111 Å². The van der Waals surface area contributed by atoms with Gasteiger partial charge >= 0.3 is 5.97 Å². The lowest BCUT2D eigenvalue weighted by molar-refractivity contribution is 0.0744. The summed E-state index contributed by atoms with van der Waals surface area (Å²) in [6.07, 6.45) is -0.213. The third-order valence-corrected chi connectivity index (χ3v) is 4.66. The van der Waals surface area contributed by atoms with Crippen molar-refractivity contribution in [2.75, 3.05) is 6.29 Å². The summed E-state index contributed by atoms with van der Waals surface area (Å²) in [4.78, 5) is 11.9. The van der Waals surface area contributed by atoms with Crippen LogP contribution in [0.4, 0.5) is 0 Å². The van der Waals surface area contributed by atoms with E-state index in [9.17, 15) is 9.36 Å². The minimum absolute atomic E-state index is 0.213. The van der Waals surface area contributed by atoms with E-state index in [1.54, 1.807) is 60.7 Å². The Morgan fingerprint density at radius 2 is 1.53 bits per heavy atom. The smallest absolute Gasteiger partial charge is 0.343 e. The Kier molecular flexibility index (Phi) is 4.15. The number of benzene rings is 2. The van der Waals surface area contributed by atoms with Crippen molar-refractivity contribution in [2.24, 2.45) is 5.73 Å². The molecular formula is C14H14NO3P. The van der Waals surface area contributed by atoms with Crippen molar-refractivity contribution in [3.05, 3.63) is 66.2 Å². The van der Waals surface area contributed by atoms with Crippen LogP contribution in [-0.2, 0) is 9.09 Å². The van der Waals surface area contributed by atoms with Crippen molar-refractivity contribution in [3.8, 4) is 0 Å². The van der Waals surface area contributed by atoms with E-state index in [4.69, 9.17) is 10.3 Å². The number of hydrogen-bond donors (Lipinski definition) is 1. The van der Waals surface area contributed by atoms with Crippen LogP contribution in [0.1, 0.15) is 10.4 Å². The van der Waals surface area contributed by atoms with Gasteiger partial charge in [0.1, 0.15) is 0 Å². The zero-order valence-corrected chi connectivity index (χ0v) is 11.1. The molecule has 0 radical (unpaired) electrons. The van der Waals surface area contributed by atoms with Crippen molar-refractivity contribution in [1.82, 2.24) is 0 Å². The second-order valence-electron chi connectivity index (χ2n) is 3.94. The first-order valence-corrected chi connectivity index (χ1v) is 7.60. The number of hydrogen-bond acceptors (Lipinski definition) is 4. The van der Waals surface area contributed by atoms with Crippen LogP contribution in [0.25, 0.3) is 0 Å². The molecule has 5 heteroatoms. The Bertz CT molecular complexity index is 599. The fourth-order valence-electron chi connectivity index (χ4n) is 1.61. The lowest BCUT2D eigenvalue weighted by Crippen LogP contribution is -2.18. The van der Waals surface area contributed by atoms with Gasteiger partial charge in [-0.05, 0) is 24.3 Å². The Hall–Kier alpha value is -1.90. The molecule has 0 bridgehead atoms. The van der Waals surface area contributed by atoms with Gasteiger partial charge < -0.3 is 10.3 Å².